The maximum atomic E-state index is 5.94. The summed E-state index contributed by atoms with van der Waals surface area (Å²) in [6.45, 7) is 5.25. The molecule has 0 spiro atoms. The molecule has 0 aliphatic carbocycles. The lowest BCUT2D eigenvalue weighted by atomic mass is 10.1. The van der Waals surface area contributed by atoms with Gasteiger partial charge in [0, 0.05) is 18.3 Å². The summed E-state index contributed by atoms with van der Waals surface area (Å²) in [6.07, 6.45) is 5.66. The summed E-state index contributed by atoms with van der Waals surface area (Å²) >= 11 is 0. The van der Waals surface area contributed by atoms with E-state index in [4.69, 9.17) is 5.73 Å². The fourth-order valence-corrected chi connectivity index (χ4v) is 2.00. The molecule has 3 nitrogen and oxygen atoms in total. The van der Waals surface area contributed by atoms with Crippen molar-refractivity contribution in [2.45, 2.75) is 39.7 Å². The molecular weight excluding hydrogens is 222 g/mol. The molecule has 1 aromatic heterocycles. The highest BCUT2D eigenvalue weighted by Crippen LogP contribution is 2.20. The highest BCUT2D eigenvalue weighted by Gasteiger charge is 2.06. The number of nitrogen functional groups attached to an aromatic ring is 1. The molecule has 0 atom stereocenters. The Morgan fingerprint density at radius 3 is 2.56 bits per heavy atom. The number of aryl methyl sites for hydroxylation is 2. The van der Waals surface area contributed by atoms with Crippen LogP contribution in [0.1, 0.15) is 31.7 Å². The Hall–Kier alpha value is -1.77. The van der Waals surface area contributed by atoms with Gasteiger partial charge in [0.05, 0.1) is 5.69 Å². The number of nitrogens with two attached hydrogens (primary N) is 1. The molecule has 96 valence electrons. The standard InChI is InChI=1S/C15H21N3/c1-3-4-5-10-18-11-14(17-15(18)16)13-8-6-12(2)7-9-13/h6-9,11H,3-5,10H2,1-2H3,(H2,16,17). The van der Waals surface area contributed by atoms with E-state index in [0.29, 0.717) is 5.95 Å². The van der Waals surface area contributed by atoms with E-state index in [1.54, 1.807) is 0 Å². The molecular formula is C15H21N3. The van der Waals surface area contributed by atoms with Gasteiger partial charge in [0.25, 0.3) is 0 Å². The summed E-state index contributed by atoms with van der Waals surface area (Å²) in [4.78, 5) is 4.43. The van der Waals surface area contributed by atoms with Crippen LogP contribution in [0.4, 0.5) is 5.95 Å². The molecule has 0 saturated heterocycles. The Labute approximate surface area is 109 Å². The fraction of sp³-hybridized carbons (Fsp3) is 0.400. The predicted molar refractivity (Wildman–Crippen MR) is 76.3 cm³/mol. The normalized spacial score (nSPS) is 10.8. The molecule has 3 heteroatoms. The molecule has 0 unspecified atom stereocenters. The third-order valence-electron chi connectivity index (χ3n) is 3.16. The summed E-state index contributed by atoms with van der Waals surface area (Å²) in [5.41, 5.74) is 9.29. The van der Waals surface area contributed by atoms with Crippen LogP contribution < -0.4 is 5.73 Å². The van der Waals surface area contributed by atoms with E-state index in [1.165, 1.54) is 18.4 Å². The number of anilines is 1. The van der Waals surface area contributed by atoms with Gasteiger partial charge in [-0.05, 0) is 13.3 Å². The molecule has 2 aromatic rings. The summed E-state index contributed by atoms with van der Waals surface area (Å²) in [5.74, 6) is 0.613. The van der Waals surface area contributed by atoms with E-state index >= 15 is 0 Å². The number of nitrogens with zero attached hydrogens (tertiary/aromatic N) is 2. The van der Waals surface area contributed by atoms with Gasteiger partial charge in [-0.3, -0.25) is 0 Å². The first-order chi connectivity index (χ1) is 8.70. The molecule has 0 saturated carbocycles. The lowest BCUT2D eigenvalue weighted by Gasteiger charge is -2.02. The molecule has 2 rings (SSSR count). The lowest BCUT2D eigenvalue weighted by molar-refractivity contribution is 0.608. The summed E-state index contributed by atoms with van der Waals surface area (Å²) in [7, 11) is 0. The van der Waals surface area contributed by atoms with E-state index in [0.717, 1.165) is 24.2 Å². The molecule has 0 aliphatic rings. The molecule has 1 aromatic carbocycles. The molecule has 0 bridgehead atoms. The van der Waals surface area contributed by atoms with E-state index in [2.05, 4.69) is 49.3 Å². The second-order valence-corrected chi connectivity index (χ2v) is 4.75. The number of imidazole rings is 1. The maximum absolute atomic E-state index is 5.94. The van der Waals surface area contributed by atoms with E-state index in [1.807, 2.05) is 4.57 Å². The van der Waals surface area contributed by atoms with Gasteiger partial charge in [-0.2, -0.15) is 0 Å². The lowest BCUT2D eigenvalue weighted by Crippen LogP contribution is -2.02. The minimum atomic E-state index is 0.613. The number of hydrogen-bond donors (Lipinski definition) is 1. The van der Waals surface area contributed by atoms with Gasteiger partial charge in [0.2, 0.25) is 5.95 Å². The van der Waals surface area contributed by atoms with Gasteiger partial charge >= 0.3 is 0 Å². The number of benzene rings is 1. The first kappa shape index (κ1) is 12.7. The highest BCUT2D eigenvalue weighted by molar-refractivity contribution is 5.60. The number of unbranched alkanes of at least 4 members (excludes halogenated alkanes) is 2. The van der Waals surface area contributed by atoms with Crippen molar-refractivity contribution in [3.63, 3.8) is 0 Å². The molecule has 18 heavy (non-hydrogen) atoms. The molecule has 0 amide bonds. The van der Waals surface area contributed by atoms with Crippen molar-refractivity contribution < 1.29 is 0 Å². The van der Waals surface area contributed by atoms with Gasteiger partial charge < -0.3 is 10.3 Å². The topological polar surface area (TPSA) is 43.8 Å². The van der Waals surface area contributed by atoms with Crippen LogP contribution in [-0.4, -0.2) is 9.55 Å². The fourth-order valence-electron chi connectivity index (χ4n) is 2.00. The van der Waals surface area contributed by atoms with Gasteiger partial charge in [-0.25, -0.2) is 4.98 Å². The Morgan fingerprint density at radius 1 is 1.17 bits per heavy atom. The Bertz CT molecular complexity index is 497. The van der Waals surface area contributed by atoms with Crippen molar-refractivity contribution in [3.05, 3.63) is 36.0 Å². The summed E-state index contributed by atoms with van der Waals surface area (Å²) < 4.78 is 2.05. The number of rotatable bonds is 5. The molecule has 1 heterocycles. The third kappa shape index (κ3) is 2.92. The maximum Gasteiger partial charge on any atom is 0.200 e. The van der Waals surface area contributed by atoms with Crippen LogP contribution in [-0.2, 0) is 6.54 Å². The van der Waals surface area contributed by atoms with Crippen molar-refractivity contribution in [1.29, 1.82) is 0 Å². The van der Waals surface area contributed by atoms with Crippen molar-refractivity contribution >= 4 is 5.95 Å². The molecule has 0 radical (unpaired) electrons. The first-order valence-electron chi connectivity index (χ1n) is 6.60. The van der Waals surface area contributed by atoms with Gasteiger partial charge in [0.15, 0.2) is 0 Å². The van der Waals surface area contributed by atoms with Crippen LogP contribution in [0.15, 0.2) is 30.5 Å². The third-order valence-corrected chi connectivity index (χ3v) is 3.16. The quantitative estimate of drug-likeness (QED) is 0.815. The van der Waals surface area contributed by atoms with Gasteiger partial charge in [0.1, 0.15) is 0 Å². The van der Waals surface area contributed by atoms with Crippen molar-refractivity contribution in [2.75, 3.05) is 5.73 Å². The van der Waals surface area contributed by atoms with E-state index in [9.17, 15) is 0 Å². The number of aromatic nitrogens is 2. The van der Waals surface area contributed by atoms with Gasteiger partial charge in [-0.15, -0.1) is 0 Å². The Kier molecular flexibility index (Phi) is 4.03. The van der Waals surface area contributed by atoms with Crippen molar-refractivity contribution in [2.24, 2.45) is 0 Å². The van der Waals surface area contributed by atoms with Crippen LogP contribution in [0, 0.1) is 6.92 Å². The monoisotopic (exact) mass is 243 g/mol. The second-order valence-electron chi connectivity index (χ2n) is 4.75. The minimum absolute atomic E-state index is 0.613. The van der Waals surface area contributed by atoms with Crippen LogP contribution in [0.2, 0.25) is 0 Å². The van der Waals surface area contributed by atoms with Crippen LogP contribution in [0.25, 0.3) is 11.3 Å². The first-order valence-corrected chi connectivity index (χ1v) is 6.60. The zero-order valence-corrected chi connectivity index (χ0v) is 11.2. The summed E-state index contributed by atoms with van der Waals surface area (Å²) in [6, 6.07) is 8.38. The van der Waals surface area contributed by atoms with Crippen LogP contribution >= 0.6 is 0 Å². The minimum Gasteiger partial charge on any atom is -0.369 e. The summed E-state index contributed by atoms with van der Waals surface area (Å²) in [5, 5.41) is 0. The smallest absolute Gasteiger partial charge is 0.200 e. The van der Waals surface area contributed by atoms with Crippen molar-refractivity contribution in [3.8, 4) is 11.3 Å². The molecule has 0 aliphatic heterocycles. The Balaban J connectivity index is 2.15. The van der Waals surface area contributed by atoms with Gasteiger partial charge in [-0.1, -0.05) is 49.6 Å². The SMILES string of the molecule is CCCCCn1cc(-c2ccc(C)cc2)nc1N. The second kappa shape index (κ2) is 5.71. The van der Waals surface area contributed by atoms with E-state index in [-0.39, 0.29) is 0 Å². The van der Waals surface area contributed by atoms with Crippen LogP contribution in [0.3, 0.4) is 0 Å². The molecule has 2 N–H and O–H groups in total. The highest BCUT2D eigenvalue weighted by atomic mass is 15.1. The zero-order valence-electron chi connectivity index (χ0n) is 11.2. The molecule has 0 fully saturated rings. The Morgan fingerprint density at radius 2 is 1.89 bits per heavy atom. The average Bonchev–Trinajstić information content (AvgIpc) is 2.72. The van der Waals surface area contributed by atoms with E-state index < -0.39 is 0 Å². The predicted octanol–water partition coefficient (Wildman–Crippen LogP) is 3.63. The number of hydrogen-bond acceptors (Lipinski definition) is 2. The zero-order chi connectivity index (χ0) is 13.0. The average molecular weight is 243 g/mol. The van der Waals surface area contributed by atoms with Crippen molar-refractivity contribution in [1.82, 2.24) is 9.55 Å². The largest absolute Gasteiger partial charge is 0.369 e. The van der Waals surface area contributed by atoms with Crippen LogP contribution in [0.5, 0.6) is 0 Å².